The van der Waals surface area contributed by atoms with Crippen LogP contribution in [-0.4, -0.2) is 9.55 Å². The Hall–Kier alpha value is -3.02. The Bertz CT molecular complexity index is 1020. The van der Waals surface area contributed by atoms with Gasteiger partial charge < -0.3 is 0 Å². The molecule has 1 N–H and O–H groups in total. The number of benzene rings is 2. The summed E-state index contributed by atoms with van der Waals surface area (Å²) in [6.07, 6.45) is 0. The standard InChI is InChI=1S/C16H11FN2O3/c17-11-7-5-10(6-8-11)9-19-13-4-2-1-3-12(13)14(20)18-15(21)16(19)22/h1-8H,9H2,(H,18,20,21). The predicted octanol–water partition coefficient (Wildman–Crippen LogP) is 1.24. The van der Waals surface area contributed by atoms with Gasteiger partial charge in [-0.05, 0) is 29.8 Å². The van der Waals surface area contributed by atoms with Gasteiger partial charge in [-0.15, -0.1) is 0 Å². The van der Waals surface area contributed by atoms with Crippen molar-refractivity contribution >= 4 is 10.9 Å². The van der Waals surface area contributed by atoms with Gasteiger partial charge in [0.2, 0.25) is 0 Å². The summed E-state index contributed by atoms with van der Waals surface area (Å²) >= 11 is 0. The van der Waals surface area contributed by atoms with Crippen LogP contribution in [0.25, 0.3) is 10.9 Å². The Morgan fingerprint density at radius 3 is 2.32 bits per heavy atom. The van der Waals surface area contributed by atoms with Crippen LogP contribution in [0.3, 0.4) is 0 Å². The van der Waals surface area contributed by atoms with Crippen LogP contribution < -0.4 is 16.7 Å². The number of nitrogens with one attached hydrogen (secondary N) is 1. The van der Waals surface area contributed by atoms with Gasteiger partial charge in [0.25, 0.3) is 5.56 Å². The first-order valence-electron chi connectivity index (χ1n) is 6.57. The summed E-state index contributed by atoms with van der Waals surface area (Å²) in [6.45, 7) is 0.0663. The van der Waals surface area contributed by atoms with Gasteiger partial charge in [-0.25, -0.2) is 4.39 Å². The van der Waals surface area contributed by atoms with Crippen LogP contribution in [0, 0.1) is 5.82 Å². The Labute approximate surface area is 123 Å². The van der Waals surface area contributed by atoms with E-state index in [0.29, 0.717) is 11.1 Å². The predicted molar refractivity (Wildman–Crippen MR) is 80.6 cm³/mol. The number of H-pyrrole nitrogens is 1. The van der Waals surface area contributed by atoms with E-state index in [-0.39, 0.29) is 17.7 Å². The zero-order valence-electron chi connectivity index (χ0n) is 11.4. The van der Waals surface area contributed by atoms with E-state index in [1.54, 1.807) is 18.2 Å². The molecule has 5 nitrogen and oxygen atoms in total. The van der Waals surface area contributed by atoms with E-state index in [1.165, 1.54) is 34.9 Å². The van der Waals surface area contributed by atoms with E-state index in [4.69, 9.17) is 0 Å². The number of nitrogens with zero attached hydrogens (tertiary/aromatic N) is 1. The van der Waals surface area contributed by atoms with Crippen molar-refractivity contribution in [1.82, 2.24) is 9.55 Å². The maximum atomic E-state index is 13.0. The third-order valence-corrected chi connectivity index (χ3v) is 3.36. The van der Waals surface area contributed by atoms with Crippen molar-refractivity contribution in [3.63, 3.8) is 0 Å². The largest absolute Gasteiger partial charge is 0.317 e. The Balaban J connectivity index is 2.33. The van der Waals surface area contributed by atoms with Crippen molar-refractivity contribution in [1.29, 1.82) is 0 Å². The molecule has 3 rings (SSSR count). The second kappa shape index (κ2) is 5.40. The van der Waals surface area contributed by atoms with Crippen LogP contribution in [0.4, 0.5) is 4.39 Å². The normalized spacial score (nSPS) is 10.8. The fraction of sp³-hybridized carbons (Fsp3) is 0.0625. The lowest BCUT2D eigenvalue weighted by Gasteiger charge is -2.06. The molecule has 0 bridgehead atoms. The number of fused-ring (bicyclic) bond motifs is 1. The second-order valence-electron chi connectivity index (χ2n) is 4.82. The first-order chi connectivity index (χ1) is 10.6. The van der Waals surface area contributed by atoms with Gasteiger partial charge in [0, 0.05) is 0 Å². The molecule has 0 spiro atoms. The average molecular weight is 298 g/mol. The number of halogens is 1. The molecular weight excluding hydrogens is 287 g/mol. The molecule has 0 aliphatic heterocycles. The summed E-state index contributed by atoms with van der Waals surface area (Å²) in [5.74, 6) is -0.390. The highest BCUT2D eigenvalue weighted by Gasteiger charge is 2.08. The highest BCUT2D eigenvalue weighted by atomic mass is 19.1. The van der Waals surface area contributed by atoms with Crippen LogP contribution in [-0.2, 0) is 6.54 Å². The summed E-state index contributed by atoms with van der Waals surface area (Å²) in [7, 11) is 0. The SMILES string of the molecule is O=c1[nH]c(=O)c2ccccc2n(Cc2ccc(F)cc2)c1=O. The molecule has 1 aromatic heterocycles. The smallest absolute Gasteiger partial charge is 0.299 e. The van der Waals surface area contributed by atoms with Crippen molar-refractivity contribution in [2.75, 3.05) is 0 Å². The molecule has 0 unspecified atom stereocenters. The van der Waals surface area contributed by atoms with Gasteiger partial charge in [0.15, 0.2) is 0 Å². The van der Waals surface area contributed by atoms with Crippen LogP contribution in [0.1, 0.15) is 5.56 Å². The van der Waals surface area contributed by atoms with E-state index in [9.17, 15) is 18.8 Å². The van der Waals surface area contributed by atoms with Crippen molar-refractivity contribution in [3.8, 4) is 0 Å². The minimum atomic E-state index is -0.983. The molecule has 0 aliphatic carbocycles. The van der Waals surface area contributed by atoms with Gasteiger partial charge >= 0.3 is 11.1 Å². The quantitative estimate of drug-likeness (QED) is 0.723. The fourth-order valence-electron chi connectivity index (χ4n) is 2.29. The molecule has 2 aromatic carbocycles. The molecule has 0 radical (unpaired) electrons. The van der Waals surface area contributed by atoms with Crippen molar-refractivity contribution in [2.24, 2.45) is 0 Å². The first kappa shape index (κ1) is 13.9. The summed E-state index contributed by atoms with van der Waals surface area (Å²) in [5, 5.41) is 0.240. The highest BCUT2D eigenvalue weighted by molar-refractivity contribution is 5.77. The van der Waals surface area contributed by atoms with Crippen LogP contribution in [0.2, 0.25) is 0 Å². The zero-order valence-corrected chi connectivity index (χ0v) is 11.4. The third-order valence-electron chi connectivity index (χ3n) is 3.36. The topological polar surface area (TPSA) is 71.9 Å². The van der Waals surface area contributed by atoms with E-state index >= 15 is 0 Å². The Morgan fingerprint density at radius 1 is 0.909 bits per heavy atom. The number of hydrogen-bond acceptors (Lipinski definition) is 3. The van der Waals surface area contributed by atoms with E-state index < -0.39 is 16.7 Å². The lowest BCUT2D eigenvalue weighted by Crippen LogP contribution is -2.34. The van der Waals surface area contributed by atoms with E-state index in [0.717, 1.165) is 0 Å². The van der Waals surface area contributed by atoms with Gasteiger partial charge in [-0.1, -0.05) is 24.3 Å². The van der Waals surface area contributed by atoms with Gasteiger partial charge in [0.1, 0.15) is 5.82 Å². The second-order valence-corrected chi connectivity index (χ2v) is 4.82. The van der Waals surface area contributed by atoms with E-state index in [1.807, 2.05) is 4.98 Å². The Morgan fingerprint density at radius 2 is 1.59 bits per heavy atom. The molecule has 0 aliphatic rings. The molecule has 6 heteroatoms. The van der Waals surface area contributed by atoms with Crippen molar-refractivity contribution < 1.29 is 4.39 Å². The minimum Gasteiger partial charge on any atom is -0.299 e. The fourth-order valence-corrected chi connectivity index (χ4v) is 2.29. The molecule has 110 valence electrons. The maximum absolute atomic E-state index is 13.0. The molecule has 3 aromatic rings. The molecule has 0 saturated carbocycles. The number of hydrogen-bond donors (Lipinski definition) is 1. The summed E-state index contributed by atoms with van der Waals surface area (Å²) in [5.41, 5.74) is -1.44. The number of aromatic nitrogens is 2. The minimum absolute atomic E-state index is 0.0663. The third kappa shape index (κ3) is 2.46. The molecule has 1 heterocycles. The average Bonchev–Trinajstić information content (AvgIpc) is 2.61. The molecule has 0 saturated heterocycles. The summed E-state index contributed by atoms with van der Waals surface area (Å²) < 4.78 is 14.2. The molecule has 0 fully saturated rings. The van der Waals surface area contributed by atoms with Crippen LogP contribution in [0.5, 0.6) is 0 Å². The van der Waals surface area contributed by atoms with Crippen LogP contribution in [0.15, 0.2) is 62.9 Å². The molecule has 22 heavy (non-hydrogen) atoms. The van der Waals surface area contributed by atoms with Gasteiger partial charge in [-0.3, -0.25) is 23.9 Å². The maximum Gasteiger partial charge on any atom is 0.317 e. The molecular formula is C16H11FN2O3. The molecule has 0 atom stereocenters. The lowest BCUT2D eigenvalue weighted by atomic mass is 10.2. The first-order valence-corrected chi connectivity index (χ1v) is 6.57. The van der Waals surface area contributed by atoms with Gasteiger partial charge in [0.05, 0.1) is 17.4 Å². The lowest BCUT2D eigenvalue weighted by molar-refractivity contribution is 0.626. The zero-order chi connectivity index (χ0) is 15.7. The highest BCUT2D eigenvalue weighted by Crippen LogP contribution is 2.09. The summed E-state index contributed by atoms with van der Waals surface area (Å²) in [6, 6.07) is 12.0. The number of aromatic amines is 1. The molecule has 0 amide bonds. The Kier molecular flexibility index (Phi) is 3.42. The van der Waals surface area contributed by atoms with E-state index in [2.05, 4.69) is 0 Å². The van der Waals surface area contributed by atoms with Crippen molar-refractivity contribution in [2.45, 2.75) is 6.54 Å². The van der Waals surface area contributed by atoms with Gasteiger partial charge in [-0.2, -0.15) is 0 Å². The number of para-hydroxylation sites is 1. The number of rotatable bonds is 2. The monoisotopic (exact) mass is 298 g/mol. The van der Waals surface area contributed by atoms with Crippen LogP contribution >= 0.6 is 0 Å². The van der Waals surface area contributed by atoms with Crippen molar-refractivity contribution in [3.05, 3.63) is 91.0 Å². The summed E-state index contributed by atoms with van der Waals surface area (Å²) in [4.78, 5) is 38.0.